The van der Waals surface area contributed by atoms with E-state index in [-0.39, 0.29) is 24.4 Å². The second-order valence-corrected chi connectivity index (χ2v) is 10.8. The Hall–Kier alpha value is -3.32. The first-order valence-corrected chi connectivity index (χ1v) is 13.0. The molecule has 188 valence electrons. The molecule has 1 spiro atoms. The van der Waals surface area contributed by atoms with Gasteiger partial charge in [0.1, 0.15) is 18.0 Å². The number of hydrogen-bond donors (Lipinski definition) is 1. The lowest BCUT2D eigenvalue weighted by Crippen LogP contribution is -2.60. The highest BCUT2D eigenvalue weighted by molar-refractivity contribution is 6.00. The van der Waals surface area contributed by atoms with Gasteiger partial charge in [-0.1, -0.05) is 30.3 Å². The van der Waals surface area contributed by atoms with Crippen molar-refractivity contribution >= 4 is 22.7 Å². The van der Waals surface area contributed by atoms with E-state index in [4.69, 9.17) is 4.74 Å². The zero-order valence-electron chi connectivity index (χ0n) is 20.9. The van der Waals surface area contributed by atoms with E-state index in [1.807, 2.05) is 47.4 Å². The van der Waals surface area contributed by atoms with Crippen molar-refractivity contribution in [1.82, 2.24) is 19.7 Å². The first-order chi connectivity index (χ1) is 17.5. The maximum Gasteiger partial charge on any atom is 0.270 e. The average Bonchev–Trinajstić information content (AvgIpc) is 3.52. The van der Waals surface area contributed by atoms with Crippen molar-refractivity contribution in [2.45, 2.75) is 38.3 Å². The van der Waals surface area contributed by atoms with Gasteiger partial charge in [0.2, 0.25) is 5.91 Å². The summed E-state index contributed by atoms with van der Waals surface area (Å²) in [7, 11) is 1.63. The van der Waals surface area contributed by atoms with Gasteiger partial charge in [0.25, 0.3) is 5.91 Å². The third-order valence-corrected chi connectivity index (χ3v) is 8.40. The Morgan fingerprint density at radius 2 is 1.83 bits per heavy atom. The van der Waals surface area contributed by atoms with E-state index in [9.17, 15) is 9.59 Å². The number of amides is 2. The minimum atomic E-state index is -0.126. The van der Waals surface area contributed by atoms with Crippen LogP contribution >= 0.6 is 0 Å². The molecule has 36 heavy (non-hydrogen) atoms. The van der Waals surface area contributed by atoms with Crippen molar-refractivity contribution in [3.8, 4) is 5.75 Å². The lowest BCUT2D eigenvalue weighted by Gasteiger charge is -2.44. The van der Waals surface area contributed by atoms with Crippen LogP contribution in [0.25, 0.3) is 10.9 Å². The number of piperazine rings is 1. The second-order valence-electron chi connectivity index (χ2n) is 10.8. The van der Waals surface area contributed by atoms with Gasteiger partial charge in [-0.25, -0.2) is 0 Å². The molecule has 0 bridgehead atoms. The summed E-state index contributed by atoms with van der Waals surface area (Å²) in [6.45, 7) is 4.20. The van der Waals surface area contributed by atoms with Crippen LogP contribution in [-0.4, -0.2) is 77.4 Å². The highest BCUT2D eigenvalue weighted by Gasteiger charge is 2.45. The van der Waals surface area contributed by atoms with Crippen molar-refractivity contribution in [3.05, 3.63) is 65.9 Å². The highest BCUT2D eigenvalue weighted by atomic mass is 16.5. The summed E-state index contributed by atoms with van der Waals surface area (Å²) in [5, 5.41) is 0.922. The van der Waals surface area contributed by atoms with E-state index in [0.717, 1.165) is 41.9 Å². The van der Waals surface area contributed by atoms with E-state index < -0.39 is 0 Å². The largest absolute Gasteiger partial charge is 0.497 e. The molecule has 3 heterocycles. The van der Waals surface area contributed by atoms with Gasteiger partial charge in [-0.2, -0.15) is 0 Å². The van der Waals surface area contributed by atoms with Crippen molar-refractivity contribution in [3.63, 3.8) is 0 Å². The quantitative estimate of drug-likeness (QED) is 0.574. The molecule has 0 unspecified atom stereocenters. The molecular weight excluding hydrogens is 452 g/mol. The Balaban J connectivity index is 1.22. The number of methoxy groups -OCH3 is 1. The Labute approximate surface area is 212 Å². The number of nitrogens with one attached hydrogen (secondary N) is 1. The number of nitrogens with zero attached hydrogens (tertiary/aromatic N) is 3. The number of piperidine rings is 1. The third kappa shape index (κ3) is 4.60. The minimum Gasteiger partial charge on any atom is -0.497 e. The molecule has 3 fully saturated rings. The molecule has 7 nitrogen and oxygen atoms in total. The van der Waals surface area contributed by atoms with Crippen LogP contribution in [0, 0.1) is 5.41 Å². The number of carbonyl (C=O) groups is 2. The van der Waals surface area contributed by atoms with Gasteiger partial charge < -0.3 is 24.4 Å². The number of aromatic nitrogens is 1. The van der Waals surface area contributed by atoms with E-state index >= 15 is 0 Å². The van der Waals surface area contributed by atoms with Crippen molar-refractivity contribution < 1.29 is 14.3 Å². The predicted molar refractivity (Wildman–Crippen MR) is 139 cm³/mol. The molecular formula is C29H34N4O3. The zero-order chi connectivity index (χ0) is 24.7. The molecule has 3 aliphatic rings. The van der Waals surface area contributed by atoms with Crippen LogP contribution in [0.2, 0.25) is 0 Å². The predicted octanol–water partition coefficient (Wildman–Crippen LogP) is 3.91. The lowest BCUT2D eigenvalue weighted by molar-refractivity contribution is -0.140. The number of likely N-dealkylation sites (tertiary alicyclic amines) is 1. The van der Waals surface area contributed by atoms with Gasteiger partial charge in [-0.3, -0.25) is 9.59 Å². The van der Waals surface area contributed by atoms with E-state index in [1.54, 1.807) is 12.0 Å². The molecule has 7 heteroatoms. The average molecular weight is 487 g/mol. The first kappa shape index (κ1) is 23.1. The standard InChI is InChI=1S/C29H34N4O3/c1-36-24-7-8-25-22(15-24)16-26(30-25)28(35)32-19-23(18-31-13-11-29(9-10-29)12-14-31)33(27(34)20-32)17-21-5-3-2-4-6-21/h2-8,15-16,23,30H,9-14,17-20H2,1H3/t23-/m0/s1. The van der Waals surface area contributed by atoms with Crippen molar-refractivity contribution in [2.24, 2.45) is 5.41 Å². The van der Waals surface area contributed by atoms with Crippen LogP contribution in [0.3, 0.4) is 0 Å². The normalized spacial score (nSPS) is 21.8. The van der Waals surface area contributed by atoms with Crippen LogP contribution in [0.4, 0.5) is 0 Å². The summed E-state index contributed by atoms with van der Waals surface area (Å²) in [5.41, 5.74) is 3.13. The van der Waals surface area contributed by atoms with E-state index in [0.29, 0.717) is 24.2 Å². The Morgan fingerprint density at radius 3 is 2.56 bits per heavy atom. The number of fused-ring (bicyclic) bond motifs is 1. The van der Waals surface area contributed by atoms with Gasteiger partial charge >= 0.3 is 0 Å². The first-order valence-electron chi connectivity index (χ1n) is 13.0. The smallest absolute Gasteiger partial charge is 0.270 e. The molecule has 1 aromatic heterocycles. The van der Waals surface area contributed by atoms with Crippen LogP contribution in [-0.2, 0) is 11.3 Å². The van der Waals surface area contributed by atoms with Crippen molar-refractivity contribution in [2.75, 3.05) is 39.8 Å². The molecule has 1 atom stereocenters. The molecule has 3 aromatic rings. The molecule has 1 aliphatic carbocycles. The number of hydrogen-bond acceptors (Lipinski definition) is 4. The van der Waals surface area contributed by atoms with Crippen LogP contribution in [0.15, 0.2) is 54.6 Å². The SMILES string of the molecule is COc1ccc2[nH]c(C(=O)N3CC(=O)N(Cc4ccccc4)[C@@H](CN4CCC5(CC4)CC5)C3)cc2c1. The summed E-state index contributed by atoms with van der Waals surface area (Å²) in [4.78, 5) is 36.5. The van der Waals surface area contributed by atoms with Gasteiger partial charge in [0, 0.05) is 30.5 Å². The monoisotopic (exact) mass is 486 g/mol. The van der Waals surface area contributed by atoms with Crippen LogP contribution in [0.1, 0.15) is 41.7 Å². The molecule has 2 saturated heterocycles. The fourth-order valence-electron chi connectivity index (χ4n) is 5.89. The Bertz CT molecular complexity index is 1260. The lowest BCUT2D eigenvalue weighted by atomic mass is 9.93. The van der Waals surface area contributed by atoms with Crippen molar-refractivity contribution in [1.29, 1.82) is 0 Å². The summed E-state index contributed by atoms with van der Waals surface area (Å²) in [5.74, 6) is 0.634. The number of rotatable bonds is 6. The Kier molecular flexibility index (Phi) is 5.96. The maximum atomic E-state index is 13.5. The minimum absolute atomic E-state index is 0.0110. The molecule has 0 radical (unpaired) electrons. The fourth-order valence-corrected chi connectivity index (χ4v) is 5.89. The summed E-state index contributed by atoms with van der Waals surface area (Å²) in [6, 6.07) is 17.7. The molecule has 2 aliphatic heterocycles. The topological polar surface area (TPSA) is 68.9 Å². The molecule has 2 amide bonds. The number of carbonyl (C=O) groups excluding carboxylic acids is 2. The van der Waals surface area contributed by atoms with Gasteiger partial charge in [-0.15, -0.1) is 0 Å². The number of aromatic amines is 1. The number of H-pyrrole nitrogens is 1. The zero-order valence-corrected chi connectivity index (χ0v) is 20.9. The van der Waals surface area contributed by atoms with E-state index in [1.165, 1.54) is 25.7 Å². The number of ether oxygens (including phenoxy) is 1. The maximum absolute atomic E-state index is 13.5. The molecule has 2 aromatic carbocycles. The number of benzene rings is 2. The van der Waals surface area contributed by atoms with E-state index in [2.05, 4.69) is 22.0 Å². The summed E-state index contributed by atoms with van der Waals surface area (Å²) >= 11 is 0. The van der Waals surface area contributed by atoms with Gasteiger partial charge in [-0.05, 0) is 74.0 Å². The second kappa shape index (κ2) is 9.28. The van der Waals surface area contributed by atoms with Crippen LogP contribution in [0.5, 0.6) is 5.75 Å². The molecule has 1 saturated carbocycles. The molecule has 1 N–H and O–H groups in total. The highest BCUT2D eigenvalue weighted by Crippen LogP contribution is 2.53. The Morgan fingerprint density at radius 1 is 1.06 bits per heavy atom. The fraction of sp³-hybridized carbons (Fsp3) is 0.448. The third-order valence-electron chi connectivity index (χ3n) is 8.40. The van der Waals surface area contributed by atoms with Gasteiger partial charge in [0.15, 0.2) is 0 Å². The van der Waals surface area contributed by atoms with Gasteiger partial charge in [0.05, 0.1) is 13.2 Å². The summed E-state index contributed by atoms with van der Waals surface area (Å²) < 4.78 is 5.32. The summed E-state index contributed by atoms with van der Waals surface area (Å²) in [6.07, 6.45) is 5.27. The van der Waals surface area contributed by atoms with Crippen LogP contribution < -0.4 is 4.74 Å². The molecule has 6 rings (SSSR count).